The highest BCUT2D eigenvalue weighted by molar-refractivity contribution is 9.10. The van der Waals surface area contributed by atoms with E-state index in [9.17, 15) is 9.59 Å². The number of halogens is 1. The molecule has 20 heavy (non-hydrogen) atoms. The normalized spacial score (nSPS) is 16.1. The Morgan fingerprint density at radius 1 is 1.20 bits per heavy atom. The van der Waals surface area contributed by atoms with Crippen LogP contribution in [0.3, 0.4) is 0 Å². The van der Waals surface area contributed by atoms with Gasteiger partial charge < -0.3 is 14.4 Å². The van der Waals surface area contributed by atoms with Gasteiger partial charge in [0.25, 0.3) is 5.91 Å². The lowest BCUT2D eigenvalue weighted by molar-refractivity contribution is -0.128. The van der Waals surface area contributed by atoms with E-state index in [1.165, 1.54) is 0 Å². The van der Waals surface area contributed by atoms with Gasteiger partial charge >= 0.3 is 0 Å². The van der Waals surface area contributed by atoms with Crippen LogP contribution in [0.5, 0.6) is 0 Å². The predicted molar refractivity (Wildman–Crippen MR) is 80.6 cm³/mol. The fraction of sp³-hybridized carbons (Fsp3) is 0.571. The molecule has 1 fully saturated rings. The molecular formula is C14H20BrN3O2. The van der Waals surface area contributed by atoms with Gasteiger partial charge in [0.05, 0.1) is 0 Å². The van der Waals surface area contributed by atoms with Gasteiger partial charge in [-0.2, -0.15) is 0 Å². The van der Waals surface area contributed by atoms with Crippen molar-refractivity contribution in [3.05, 3.63) is 22.4 Å². The van der Waals surface area contributed by atoms with Gasteiger partial charge in [0.2, 0.25) is 5.91 Å². The van der Waals surface area contributed by atoms with E-state index in [4.69, 9.17) is 0 Å². The molecule has 0 radical (unpaired) electrons. The summed E-state index contributed by atoms with van der Waals surface area (Å²) in [6.07, 6.45) is 2.76. The van der Waals surface area contributed by atoms with Crippen LogP contribution < -0.4 is 0 Å². The molecular weight excluding hydrogens is 322 g/mol. The number of nitrogens with zero attached hydrogens (tertiary/aromatic N) is 3. The van der Waals surface area contributed by atoms with Crippen molar-refractivity contribution in [1.82, 2.24) is 14.4 Å². The van der Waals surface area contributed by atoms with Crippen molar-refractivity contribution >= 4 is 27.7 Å². The zero-order valence-electron chi connectivity index (χ0n) is 11.9. The number of rotatable bonds is 2. The molecule has 6 heteroatoms. The molecule has 5 nitrogen and oxygen atoms in total. The summed E-state index contributed by atoms with van der Waals surface area (Å²) >= 11 is 3.42. The molecule has 0 spiro atoms. The van der Waals surface area contributed by atoms with Gasteiger partial charge in [0.1, 0.15) is 5.69 Å². The third kappa shape index (κ3) is 3.23. The molecule has 110 valence electrons. The summed E-state index contributed by atoms with van der Waals surface area (Å²) in [6, 6.07) is 1.86. The highest BCUT2D eigenvalue weighted by atomic mass is 79.9. The first-order valence-electron chi connectivity index (χ1n) is 6.93. The predicted octanol–water partition coefficient (Wildman–Crippen LogP) is 1.96. The Balaban J connectivity index is 2.11. The maximum atomic E-state index is 12.6. The van der Waals surface area contributed by atoms with Crippen molar-refractivity contribution in [2.24, 2.45) is 0 Å². The molecule has 0 aliphatic carbocycles. The number of hydrogen-bond acceptors (Lipinski definition) is 2. The summed E-state index contributed by atoms with van der Waals surface area (Å²) in [5, 5.41) is 0. The second-order valence-electron chi connectivity index (χ2n) is 4.98. The monoisotopic (exact) mass is 341 g/mol. The molecule has 1 aliphatic heterocycles. The van der Waals surface area contributed by atoms with Gasteiger partial charge in [-0.05, 0) is 35.3 Å². The summed E-state index contributed by atoms with van der Waals surface area (Å²) < 4.78 is 2.86. The van der Waals surface area contributed by atoms with Crippen LogP contribution in [-0.4, -0.2) is 52.4 Å². The molecule has 0 N–H and O–H groups in total. The van der Waals surface area contributed by atoms with E-state index < -0.39 is 0 Å². The second-order valence-corrected chi connectivity index (χ2v) is 5.90. The number of aryl methyl sites for hydroxylation is 1. The van der Waals surface area contributed by atoms with E-state index in [-0.39, 0.29) is 11.8 Å². The molecule has 0 unspecified atom stereocenters. The van der Waals surface area contributed by atoms with Crippen LogP contribution in [-0.2, 0) is 11.3 Å². The molecule has 1 aromatic heterocycles. The van der Waals surface area contributed by atoms with Gasteiger partial charge in [-0.15, -0.1) is 0 Å². The molecule has 0 bridgehead atoms. The van der Waals surface area contributed by atoms with Gasteiger partial charge in [-0.1, -0.05) is 0 Å². The minimum absolute atomic E-state index is 0.0444. The quantitative estimate of drug-likeness (QED) is 0.825. The largest absolute Gasteiger partial charge is 0.343 e. The minimum atomic E-state index is 0.0444. The number of hydrogen-bond donors (Lipinski definition) is 0. The Bertz CT molecular complexity index is 513. The Labute approximate surface area is 127 Å². The average molecular weight is 342 g/mol. The van der Waals surface area contributed by atoms with Crippen LogP contribution in [0.1, 0.15) is 30.8 Å². The SMILES string of the molecule is CCn1cc(Br)cc1C(=O)N1CCCN(C(C)=O)CC1. The summed E-state index contributed by atoms with van der Waals surface area (Å²) in [4.78, 5) is 27.7. The van der Waals surface area contributed by atoms with Crippen LogP contribution in [0, 0.1) is 0 Å². The maximum absolute atomic E-state index is 12.6. The highest BCUT2D eigenvalue weighted by Crippen LogP contribution is 2.17. The maximum Gasteiger partial charge on any atom is 0.270 e. The van der Waals surface area contributed by atoms with E-state index in [1.807, 2.05) is 33.6 Å². The Kier molecular flexibility index (Phi) is 4.86. The lowest BCUT2D eigenvalue weighted by Gasteiger charge is -2.21. The first-order chi connectivity index (χ1) is 9.52. The molecule has 1 aromatic rings. The Morgan fingerprint density at radius 3 is 2.50 bits per heavy atom. The van der Waals surface area contributed by atoms with Crippen molar-refractivity contribution in [3.63, 3.8) is 0 Å². The molecule has 2 amide bonds. The molecule has 1 saturated heterocycles. The molecule has 2 heterocycles. The van der Waals surface area contributed by atoms with Crippen LogP contribution in [0.25, 0.3) is 0 Å². The number of carbonyl (C=O) groups excluding carboxylic acids is 2. The summed E-state index contributed by atoms with van der Waals surface area (Å²) in [6.45, 7) is 7.02. The fourth-order valence-corrected chi connectivity index (χ4v) is 2.98. The van der Waals surface area contributed by atoms with Crippen molar-refractivity contribution in [1.29, 1.82) is 0 Å². The standard InChI is InChI=1S/C14H20BrN3O2/c1-3-16-10-12(15)9-13(16)14(20)18-6-4-5-17(7-8-18)11(2)19/h9-10H,3-8H2,1-2H3. The van der Waals surface area contributed by atoms with E-state index >= 15 is 0 Å². The van der Waals surface area contributed by atoms with Gasteiger partial charge in [-0.25, -0.2) is 0 Å². The Hall–Kier alpha value is -1.30. The van der Waals surface area contributed by atoms with E-state index in [0.717, 1.165) is 24.0 Å². The number of amides is 2. The van der Waals surface area contributed by atoms with E-state index in [1.54, 1.807) is 6.92 Å². The first kappa shape index (κ1) is 15.1. The van der Waals surface area contributed by atoms with Gasteiger partial charge in [0.15, 0.2) is 0 Å². The number of carbonyl (C=O) groups is 2. The molecule has 0 saturated carbocycles. The van der Waals surface area contributed by atoms with Gasteiger partial charge in [0, 0.05) is 50.3 Å². The molecule has 1 aliphatic rings. The minimum Gasteiger partial charge on any atom is -0.343 e. The summed E-state index contributed by atoms with van der Waals surface area (Å²) in [5.74, 6) is 0.127. The van der Waals surface area contributed by atoms with Crippen LogP contribution in [0.15, 0.2) is 16.7 Å². The lowest BCUT2D eigenvalue weighted by atomic mass is 10.3. The zero-order valence-corrected chi connectivity index (χ0v) is 13.5. The molecule has 0 aromatic carbocycles. The van der Waals surface area contributed by atoms with Crippen LogP contribution in [0.2, 0.25) is 0 Å². The van der Waals surface area contributed by atoms with Crippen LogP contribution in [0.4, 0.5) is 0 Å². The molecule has 0 atom stereocenters. The summed E-state index contributed by atoms with van der Waals surface area (Å²) in [5.41, 5.74) is 0.704. The van der Waals surface area contributed by atoms with Gasteiger partial charge in [-0.3, -0.25) is 9.59 Å². The lowest BCUT2D eigenvalue weighted by Crippen LogP contribution is -2.37. The highest BCUT2D eigenvalue weighted by Gasteiger charge is 2.23. The first-order valence-corrected chi connectivity index (χ1v) is 7.72. The summed E-state index contributed by atoms with van der Waals surface area (Å²) in [7, 11) is 0. The smallest absolute Gasteiger partial charge is 0.270 e. The Morgan fingerprint density at radius 2 is 1.85 bits per heavy atom. The zero-order chi connectivity index (χ0) is 14.7. The van der Waals surface area contributed by atoms with Crippen molar-refractivity contribution in [2.45, 2.75) is 26.8 Å². The third-order valence-electron chi connectivity index (χ3n) is 3.65. The van der Waals surface area contributed by atoms with E-state index in [2.05, 4.69) is 15.9 Å². The van der Waals surface area contributed by atoms with Crippen molar-refractivity contribution < 1.29 is 9.59 Å². The molecule has 2 rings (SSSR count). The van der Waals surface area contributed by atoms with E-state index in [0.29, 0.717) is 25.3 Å². The third-order valence-corrected chi connectivity index (χ3v) is 4.09. The number of aromatic nitrogens is 1. The van der Waals surface area contributed by atoms with Crippen molar-refractivity contribution in [3.8, 4) is 0 Å². The fourth-order valence-electron chi connectivity index (χ4n) is 2.51. The average Bonchev–Trinajstić information content (AvgIpc) is 2.64. The van der Waals surface area contributed by atoms with Crippen LogP contribution >= 0.6 is 15.9 Å². The second kappa shape index (κ2) is 6.43. The topological polar surface area (TPSA) is 45.6 Å². The van der Waals surface area contributed by atoms with Crippen molar-refractivity contribution in [2.75, 3.05) is 26.2 Å².